The Labute approximate surface area is 87.5 Å². The maximum atomic E-state index is 9.20. The lowest BCUT2D eigenvalue weighted by Crippen LogP contribution is -2.42. The topological polar surface area (TPSA) is 52.5 Å². The van der Waals surface area contributed by atoms with Crippen LogP contribution < -0.4 is 5.32 Å². The van der Waals surface area contributed by atoms with Crippen LogP contribution in [0, 0.1) is 11.3 Å². The molecule has 0 saturated carbocycles. The van der Waals surface area contributed by atoms with Crippen molar-refractivity contribution in [1.82, 2.24) is 5.32 Å². The molecule has 3 unspecified atom stereocenters. The first-order valence-corrected chi connectivity index (χ1v) is 5.44. The monoisotopic (exact) mass is 203 g/mol. The largest absolute Gasteiger partial charge is 0.396 e. The molecule has 0 aromatic heterocycles. The number of aliphatic hydroxyl groups excluding tert-OH is 2. The van der Waals surface area contributed by atoms with E-state index in [2.05, 4.69) is 26.1 Å². The van der Waals surface area contributed by atoms with E-state index in [-0.39, 0.29) is 30.6 Å². The van der Waals surface area contributed by atoms with E-state index < -0.39 is 0 Å². The molecule has 0 heterocycles. The minimum atomic E-state index is -0.0383. The quantitative estimate of drug-likeness (QED) is 0.578. The first-order valence-electron chi connectivity index (χ1n) is 5.44. The first-order chi connectivity index (χ1) is 6.49. The lowest BCUT2D eigenvalue weighted by molar-refractivity contribution is 0.124. The van der Waals surface area contributed by atoms with E-state index in [1.54, 1.807) is 0 Å². The van der Waals surface area contributed by atoms with Gasteiger partial charge in [-0.1, -0.05) is 20.8 Å². The summed E-state index contributed by atoms with van der Waals surface area (Å²) in [6, 6.07) is 0.289. The number of nitrogens with one attached hydrogen (secondary N) is 1. The highest BCUT2D eigenvalue weighted by Gasteiger charge is 2.22. The van der Waals surface area contributed by atoms with Crippen molar-refractivity contribution >= 4 is 0 Å². The van der Waals surface area contributed by atoms with E-state index in [4.69, 9.17) is 5.11 Å². The standard InChI is InChI=1S/C11H25NO2/c1-5-11(4,8-14)7-12-10(3)9(2)6-13/h9-10,12-14H,5-8H2,1-4H3. The summed E-state index contributed by atoms with van der Waals surface area (Å²) in [5.74, 6) is 0.259. The Balaban J connectivity index is 3.91. The van der Waals surface area contributed by atoms with Crippen molar-refractivity contribution < 1.29 is 10.2 Å². The van der Waals surface area contributed by atoms with Crippen molar-refractivity contribution in [3.8, 4) is 0 Å². The third kappa shape index (κ3) is 4.40. The SMILES string of the molecule is CCC(C)(CO)CNC(C)C(C)CO. The van der Waals surface area contributed by atoms with Gasteiger partial charge in [0.2, 0.25) is 0 Å². The molecule has 0 amide bonds. The fourth-order valence-electron chi connectivity index (χ4n) is 1.06. The Hall–Kier alpha value is -0.120. The van der Waals surface area contributed by atoms with Gasteiger partial charge in [0.05, 0.1) is 0 Å². The van der Waals surface area contributed by atoms with Crippen LogP contribution >= 0.6 is 0 Å². The zero-order chi connectivity index (χ0) is 11.2. The van der Waals surface area contributed by atoms with E-state index in [1.807, 2.05) is 6.92 Å². The molecule has 0 aliphatic heterocycles. The molecule has 0 aromatic carbocycles. The second-order valence-electron chi connectivity index (χ2n) is 4.65. The molecule has 0 spiro atoms. The summed E-state index contributed by atoms with van der Waals surface area (Å²) < 4.78 is 0. The van der Waals surface area contributed by atoms with Crippen molar-refractivity contribution in [1.29, 1.82) is 0 Å². The number of aliphatic hydroxyl groups is 2. The van der Waals surface area contributed by atoms with Crippen molar-refractivity contribution in [3.05, 3.63) is 0 Å². The van der Waals surface area contributed by atoms with Crippen molar-refractivity contribution in [2.24, 2.45) is 11.3 Å². The van der Waals surface area contributed by atoms with Crippen molar-refractivity contribution in [3.63, 3.8) is 0 Å². The summed E-state index contributed by atoms with van der Waals surface area (Å²) in [6.45, 7) is 9.43. The minimum Gasteiger partial charge on any atom is -0.396 e. The highest BCUT2D eigenvalue weighted by Crippen LogP contribution is 2.19. The molecule has 14 heavy (non-hydrogen) atoms. The van der Waals surface area contributed by atoms with E-state index in [0.717, 1.165) is 13.0 Å². The van der Waals surface area contributed by atoms with E-state index in [9.17, 15) is 5.11 Å². The summed E-state index contributed by atoms with van der Waals surface area (Å²) in [5.41, 5.74) is -0.0383. The van der Waals surface area contributed by atoms with Gasteiger partial charge in [-0.15, -0.1) is 0 Å². The molecule has 0 radical (unpaired) electrons. The van der Waals surface area contributed by atoms with E-state index in [0.29, 0.717) is 0 Å². The molecule has 0 aliphatic rings. The number of hydrogen-bond donors (Lipinski definition) is 3. The van der Waals surface area contributed by atoms with E-state index >= 15 is 0 Å². The summed E-state index contributed by atoms with van der Waals surface area (Å²) in [5, 5.41) is 21.5. The number of hydrogen-bond acceptors (Lipinski definition) is 3. The van der Waals surface area contributed by atoms with Gasteiger partial charge in [0.15, 0.2) is 0 Å². The predicted octanol–water partition coefficient (Wildman–Crippen LogP) is 1.00. The fraction of sp³-hybridized carbons (Fsp3) is 1.00. The van der Waals surface area contributed by atoms with Gasteiger partial charge in [0.1, 0.15) is 0 Å². The molecule has 86 valence electrons. The molecule has 0 saturated heterocycles. The zero-order valence-corrected chi connectivity index (χ0v) is 9.88. The summed E-state index contributed by atoms with van der Waals surface area (Å²) in [6.07, 6.45) is 0.955. The molecule has 0 aromatic rings. The van der Waals surface area contributed by atoms with Gasteiger partial charge in [0.25, 0.3) is 0 Å². The average molecular weight is 203 g/mol. The van der Waals surface area contributed by atoms with Gasteiger partial charge in [0, 0.05) is 31.2 Å². The smallest absolute Gasteiger partial charge is 0.0496 e. The maximum Gasteiger partial charge on any atom is 0.0496 e. The third-order valence-electron chi connectivity index (χ3n) is 3.23. The highest BCUT2D eigenvalue weighted by atomic mass is 16.3. The van der Waals surface area contributed by atoms with Gasteiger partial charge in [-0.2, -0.15) is 0 Å². The van der Waals surface area contributed by atoms with Crippen molar-refractivity contribution in [2.75, 3.05) is 19.8 Å². The Morgan fingerprint density at radius 2 is 1.86 bits per heavy atom. The van der Waals surface area contributed by atoms with Crippen LogP contribution in [0.4, 0.5) is 0 Å². The number of rotatable bonds is 7. The third-order valence-corrected chi connectivity index (χ3v) is 3.23. The Morgan fingerprint density at radius 1 is 1.29 bits per heavy atom. The van der Waals surface area contributed by atoms with Crippen LogP contribution in [0.3, 0.4) is 0 Å². The lowest BCUT2D eigenvalue weighted by Gasteiger charge is -2.29. The van der Waals surface area contributed by atoms with Gasteiger partial charge in [-0.25, -0.2) is 0 Å². The van der Waals surface area contributed by atoms with Gasteiger partial charge < -0.3 is 15.5 Å². The lowest BCUT2D eigenvalue weighted by atomic mass is 9.88. The second-order valence-corrected chi connectivity index (χ2v) is 4.65. The molecule has 0 fully saturated rings. The molecule has 0 bridgehead atoms. The van der Waals surface area contributed by atoms with Crippen LogP contribution in [0.2, 0.25) is 0 Å². The predicted molar refractivity (Wildman–Crippen MR) is 59.2 cm³/mol. The Bertz CT molecular complexity index is 146. The molecular formula is C11H25NO2. The molecular weight excluding hydrogens is 178 g/mol. The summed E-state index contributed by atoms with van der Waals surface area (Å²) in [4.78, 5) is 0. The van der Waals surface area contributed by atoms with Gasteiger partial charge in [-0.05, 0) is 19.3 Å². The summed E-state index contributed by atoms with van der Waals surface area (Å²) >= 11 is 0. The first kappa shape index (κ1) is 13.9. The van der Waals surface area contributed by atoms with Gasteiger partial charge >= 0.3 is 0 Å². The molecule has 0 aliphatic carbocycles. The highest BCUT2D eigenvalue weighted by molar-refractivity contribution is 4.77. The van der Waals surface area contributed by atoms with Crippen molar-refractivity contribution in [2.45, 2.75) is 40.2 Å². The van der Waals surface area contributed by atoms with E-state index in [1.165, 1.54) is 0 Å². The Kier molecular flexibility index (Phi) is 6.33. The second kappa shape index (κ2) is 6.38. The molecule has 3 nitrogen and oxygen atoms in total. The zero-order valence-electron chi connectivity index (χ0n) is 9.88. The maximum absolute atomic E-state index is 9.20. The van der Waals surface area contributed by atoms with Crippen LogP contribution in [-0.2, 0) is 0 Å². The summed E-state index contributed by atoms with van der Waals surface area (Å²) in [7, 11) is 0. The average Bonchev–Trinajstić information content (AvgIpc) is 2.24. The van der Waals surface area contributed by atoms with Crippen LogP contribution in [0.5, 0.6) is 0 Å². The van der Waals surface area contributed by atoms with Gasteiger partial charge in [-0.3, -0.25) is 0 Å². The molecule has 3 N–H and O–H groups in total. The minimum absolute atomic E-state index is 0.0383. The Morgan fingerprint density at radius 3 is 2.21 bits per heavy atom. The molecule has 3 heteroatoms. The van der Waals surface area contributed by atoms with Crippen LogP contribution in [0.15, 0.2) is 0 Å². The molecule has 3 atom stereocenters. The normalized spacial score (nSPS) is 20.1. The molecule has 0 rings (SSSR count). The van der Waals surface area contributed by atoms with Crippen LogP contribution in [0.1, 0.15) is 34.1 Å². The fourth-order valence-corrected chi connectivity index (χ4v) is 1.06. The van der Waals surface area contributed by atoms with Crippen LogP contribution in [-0.4, -0.2) is 36.0 Å². The van der Waals surface area contributed by atoms with Crippen LogP contribution in [0.25, 0.3) is 0 Å².